The lowest BCUT2D eigenvalue weighted by atomic mass is 10.1. The fraction of sp³-hybridized carbons (Fsp3) is 0.435. The number of nitrogens with one attached hydrogen (secondary N) is 3. The third-order valence-corrected chi connectivity index (χ3v) is 4.73. The van der Waals surface area contributed by atoms with Crippen molar-refractivity contribution in [3.63, 3.8) is 0 Å². The van der Waals surface area contributed by atoms with Gasteiger partial charge in [0.1, 0.15) is 11.7 Å². The van der Waals surface area contributed by atoms with E-state index in [4.69, 9.17) is 9.47 Å². The van der Waals surface area contributed by atoms with Gasteiger partial charge in [-0.05, 0) is 58.4 Å². The van der Waals surface area contributed by atoms with E-state index in [1.54, 1.807) is 49.1 Å². The van der Waals surface area contributed by atoms with Crippen molar-refractivity contribution in [2.75, 3.05) is 30.4 Å². The van der Waals surface area contributed by atoms with Crippen LogP contribution in [0.5, 0.6) is 0 Å². The molecule has 0 bridgehead atoms. The number of hydrogen-bond acceptors (Lipinski definition) is 8. The van der Waals surface area contributed by atoms with Crippen LogP contribution in [0.2, 0.25) is 0 Å². The number of carbonyl (C=O) groups is 3. The zero-order chi connectivity index (χ0) is 24.9. The summed E-state index contributed by atoms with van der Waals surface area (Å²) < 4.78 is 11.2. The summed E-state index contributed by atoms with van der Waals surface area (Å²) in [4.78, 5) is 46.5. The van der Waals surface area contributed by atoms with E-state index in [1.807, 2.05) is 20.8 Å². The fourth-order valence-corrected chi connectivity index (χ4v) is 3.26. The van der Waals surface area contributed by atoms with E-state index in [0.29, 0.717) is 25.4 Å². The molecular formula is C23H30N6O5. The van der Waals surface area contributed by atoms with Crippen molar-refractivity contribution in [3.8, 4) is 0 Å². The van der Waals surface area contributed by atoms with Crippen LogP contribution in [-0.4, -0.2) is 58.1 Å². The largest absolute Gasteiger partial charge is 0.444 e. The summed E-state index contributed by atoms with van der Waals surface area (Å²) in [5, 5.41) is 2.53. The van der Waals surface area contributed by atoms with Crippen molar-refractivity contribution < 1.29 is 23.9 Å². The first-order chi connectivity index (χ1) is 16.0. The zero-order valence-electron chi connectivity index (χ0n) is 20.0. The zero-order valence-corrected chi connectivity index (χ0v) is 20.0. The van der Waals surface area contributed by atoms with Gasteiger partial charge < -0.3 is 19.7 Å². The molecular weight excluding hydrogens is 440 g/mol. The quantitative estimate of drug-likeness (QED) is 0.458. The summed E-state index contributed by atoms with van der Waals surface area (Å²) in [5.41, 5.74) is 6.96. The number of nitrogens with zero attached hydrogens (tertiary/aromatic N) is 3. The van der Waals surface area contributed by atoms with Gasteiger partial charge in [0, 0.05) is 23.6 Å². The maximum atomic E-state index is 12.4. The van der Waals surface area contributed by atoms with E-state index in [-0.39, 0.29) is 18.1 Å². The molecule has 1 saturated heterocycles. The summed E-state index contributed by atoms with van der Waals surface area (Å²) in [7, 11) is 0. The molecule has 34 heavy (non-hydrogen) atoms. The molecule has 1 aliphatic rings. The number of hydrazine groups is 1. The van der Waals surface area contributed by atoms with Gasteiger partial charge in [0.05, 0.1) is 13.2 Å². The van der Waals surface area contributed by atoms with Crippen LogP contribution in [0.25, 0.3) is 0 Å². The highest BCUT2D eigenvalue weighted by Crippen LogP contribution is 2.25. The Hall–Kier alpha value is -3.73. The van der Waals surface area contributed by atoms with Crippen LogP contribution in [0, 0.1) is 13.8 Å². The van der Waals surface area contributed by atoms with Gasteiger partial charge in [0.15, 0.2) is 0 Å². The molecule has 0 saturated carbocycles. The van der Waals surface area contributed by atoms with Gasteiger partial charge >= 0.3 is 17.9 Å². The number of benzene rings is 1. The number of rotatable bonds is 4. The first kappa shape index (κ1) is 24.9. The van der Waals surface area contributed by atoms with Crippen LogP contribution in [-0.2, 0) is 19.1 Å². The second-order valence-electron chi connectivity index (χ2n) is 8.92. The van der Waals surface area contributed by atoms with Gasteiger partial charge in [0.2, 0.25) is 5.95 Å². The molecule has 2 aromatic rings. The Kier molecular flexibility index (Phi) is 7.67. The van der Waals surface area contributed by atoms with Gasteiger partial charge in [-0.15, -0.1) is 0 Å². The molecule has 11 nitrogen and oxygen atoms in total. The predicted octanol–water partition coefficient (Wildman–Crippen LogP) is 2.48. The smallest absolute Gasteiger partial charge is 0.410 e. The second kappa shape index (κ2) is 10.5. The molecule has 1 unspecified atom stereocenters. The van der Waals surface area contributed by atoms with Crippen LogP contribution >= 0.6 is 0 Å². The van der Waals surface area contributed by atoms with Gasteiger partial charge in [-0.3, -0.25) is 20.4 Å². The molecule has 1 aromatic heterocycles. The van der Waals surface area contributed by atoms with Crippen LogP contribution in [0.3, 0.4) is 0 Å². The van der Waals surface area contributed by atoms with Crippen molar-refractivity contribution in [1.29, 1.82) is 0 Å². The first-order valence-electron chi connectivity index (χ1n) is 10.9. The Labute approximate surface area is 198 Å². The number of ether oxygens (including phenoxy) is 2. The van der Waals surface area contributed by atoms with E-state index >= 15 is 0 Å². The Morgan fingerprint density at radius 1 is 1.06 bits per heavy atom. The minimum absolute atomic E-state index is 0.191. The maximum absolute atomic E-state index is 12.4. The number of anilines is 2. The highest BCUT2D eigenvalue weighted by atomic mass is 16.6. The molecule has 0 radical (unpaired) electrons. The van der Waals surface area contributed by atoms with Crippen molar-refractivity contribution in [1.82, 2.24) is 20.3 Å². The normalized spacial score (nSPS) is 15.9. The summed E-state index contributed by atoms with van der Waals surface area (Å²) in [5.74, 6) is -1.55. The molecule has 0 spiro atoms. The van der Waals surface area contributed by atoms with Gasteiger partial charge in [-0.2, -0.15) is 0 Å². The topological polar surface area (TPSA) is 135 Å². The summed E-state index contributed by atoms with van der Waals surface area (Å²) in [6.07, 6.45) is -0.702. The number of aryl methyl sites for hydroxylation is 2. The fourth-order valence-electron chi connectivity index (χ4n) is 3.26. The molecule has 3 N–H and O–H groups in total. The standard InChI is InChI=1S/C23H30N6O5/c1-14-12-15(2)25-21(24-14)28-27-20(31)19(30)26-17-8-6-16(7-9-17)18-13-29(10-11-33-18)22(32)34-23(3,4)5/h6-9,12,18H,10-11,13H2,1-5H3,(H,26,30)(H,27,31)(H,24,25,28). The molecule has 182 valence electrons. The monoisotopic (exact) mass is 470 g/mol. The number of amides is 3. The molecule has 1 atom stereocenters. The first-order valence-corrected chi connectivity index (χ1v) is 10.9. The van der Waals surface area contributed by atoms with Crippen molar-refractivity contribution in [2.45, 2.75) is 46.3 Å². The molecule has 0 aliphatic carbocycles. The Morgan fingerprint density at radius 3 is 2.32 bits per heavy atom. The van der Waals surface area contributed by atoms with Crippen LogP contribution in [0.4, 0.5) is 16.4 Å². The van der Waals surface area contributed by atoms with E-state index in [9.17, 15) is 14.4 Å². The molecule has 1 aliphatic heterocycles. The third kappa shape index (κ3) is 7.14. The third-order valence-electron chi connectivity index (χ3n) is 4.73. The maximum Gasteiger partial charge on any atom is 0.410 e. The minimum atomic E-state index is -0.893. The summed E-state index contributed by atoms with van der Waals surface area (Å²) >= 11 is 0. The minimum Gasteiger partial charge on any atom is -0.444 e. The highest BCUT2D eigenvalue weighted by Gasteiger charge is 2.29. The van der Waals surface area contributed by atoms with Crippen molar-refractivity contribution >= 4 is 29.5 Å². The Morgan fingerprint density at radius 2 is 1.71 bits per heavy atom. The highest BCUT2D eigenvalue weighted by molar-refractivity contribution is 6.39. The van der Waals surface area contributed by atoms with Crippen molar-refractivity contribution in [2.24, 2.45) is 0 Å². The lowest BCUT2D eigenvalue weighted by Crippen LogP contribution is -2.44. The second-order valence-corrected chi connectivity index (χ2v) is 8.92. The molecule has 3 rings (SSSR count). The Balaban J connectivity index is 1.53. The SMILES string of the molecule is Cc1cc(C)nc(NNC(=O)C(=O)Nc2ccc(C3CN(C(=O)OC(C)(C)C)CCO3)cc2)n1. The van der Waals surface area contributed by atoms with E-state index in [2.05, 4.69) is 26.1 Å². The predicted molar refractivity (Wildman–Crippen MR) is 125 cm³/mol. The average Bonchev–Trinajstić information content (AvgIpc) is 2.76. The van der Waals surface area contributed by atoms with Crippen molar-refractivity contribution in [3.05, 3.63) is 47.3 Å². The lowest BCUT2D eigenvalue weighted by Gasteiger charge is -2.34. The van der Waals surface area contributed by atoms with Crippen LogP contribution in [0.1, 0.15) is 43.8 Å². The lowest BCUT2D eigenvalue weighted by molar-refractivity contribution is -0.135. The molecule has 3 amide bonds. The van der Waals surface area contributed by atoms with Crippen LogP contribution < -0.4 is 16.2 Å². The van der Waals surface area contributed by atoms with E-state index < -0.39 is 17.4 Å². The van der Waals surface area contributed by atoms with E-state index in [0.717, 1.165) is 17.0 Å². The molecule has 1 aromatic carbocycles. The molecule has 2 heterocycles. The molecule has 11 heteroatoms. The summed E-state index contributed by atoms with van der Waals surface area (Å²) in [6, 6.07) is 8.67. The van der Waals surface area contributed by atoms with E-state index in [1.165, 1.54) is 0 Å². The number of morpholine rings is 1. The van der Waals surface area contributed by atoms with Gasteiger partial charge in [0.25, 0.3) is 0 Å². The van der Waals surface area contributed by atoms with Gasteiger partial charge in [-0.25, -0.2) is 14.8 Å². The number of carbonyl (C=O) groups excluding carboxylic acids is 3. The Bertz CT molecular complexity index is 1030. The number of aromatic nitrogens is 2. The summed E-state index contributed by atoms with van der Waals surface area (Å²) in [6.45, 7) is 10.3. The van der Waals surface area contributed by atoms with Gasteiger partial charge in [-0.1, -0.05) is 12.1 Å². The number of hydrogen-bond donors (Lipinski definition) is 3. The average molecular weight is 471 g/mol. The van der Waals surface area contributed by atoms with Crippen LogP contribution in [0.15, 0.2) is 30.3 Å². The molecule has 1 fully saturated rings.